The van der Waals surface area contributed by atoms with Gasteiger partial charge >= 0.3 is 57.4 Å². The average molecular weight is 302 g/mol. The van der Waals surface area contributed by atoms with Gasteiger partial charge in [-0.15, -0.1) is 0 Å². The molecule has 0 radical (unpaired) electrons. The van der Waals surface area contributed by atoms with E-state index in [2.05, 4.69) is 0 Å². The Morgan fingerprint density at radius 2 is 1.47 bits per heavy atom. The first-order chi connectivity index (χ1) is 5.91. The summed E-state index contributed by atoms with van der Waals surface area (Å²) in [7, 11) is 0. The van der Waals surface area contributed by atoms with Gasteiger partial charge in [-0.3, -0.25) is 0 Å². The first-order valence-electron chi connectivity index (χ1n) is 3.47. The van der Waals surface area contributed by atoms with Gasteiger partial charge in [-0.25, -0.2) is 4.79 Å². The van der Waals surface area contributed by atoms with E-state index in [0.717, 1.165) is 0 Å². The number of carbonyl (C=O) groups is 1. The van der Waals surface area contributed by atoms with Crippen molar-refractivity contribution in [1.29, 1.82) is 0 Å². The van der Waals surface area contributed by atoms with Gasteiger partial charge in [-0.1, -0.05) is 0 Å². The van der Waals surface area contributed by atoms with Gasteiger partial charge < -0.3 is 30.6 Å². The summed E-state index contributed by atoms with van der Waals surface area (Å²) in [6, 6.07) is 0. The van der Waals surface area contributed by atoms with Crippen LogP contribution in [0.2, 0.25) is 0 Å². The summed E-state index contributed by atoms with van der Waals surface area (Å²) in [5, 5.41) is 51.8. The Bertz CT molecular complexity index is 181. The van der Waals surface area contributed by atoms with Gasteiger partial charge in [0, 0.05) is 19.5 Å². The van der Waals surface area contributed by atoms with E-state index < -0.39 is 37.0 Å². The van der Waals surface area contributed by atoms with Gasteiger partial charge in [0.25, 0.3) is 0 Å². The largest absolute Gasteiger partial charge is 0 e. The molecule has 0 aromatic heterocycles. The molecule has 0 spiro atoms. The summed E-state index contributed by atoms with van der Waals surface area (Å²) in [5.74, 6) is -1.73. The van der Waals surface area contributed by atoms with Crippen LogP contribution < -0.4 is 0 Å². The molecule has 15 heavy (non-hydrogen) atoms. The molecule has 0 amide bonds. The van der Waals surface area contributed by atoms with Gasteiger partial charge in [0.15, 0.2) is 6.10 Å². The first kappa shape index (κ1) is 21.8. The fourth-order valence-electron chi connectivity index (χ4n) is 0.668. The summed E-state index contributed by atoms with van der Waals surface area (Å²) in [6.07, 6.45) is -7.84. The molecular formula is C6H13KO7Zn. The number of aliphatic hydroxyl groups is 5. The number of hydrogen-bond acceptors (Lipinski definition) is 6. The number of aliphatic hydroxyl groups excluding tert-OH is 5. The van der Waals surface area contributed by atoms with Gasteiger partial charge in [0.05, 0.1) is 6.61 Å². The molecule has 0 unspecified atom stereocenters. The molecule has 6 N–H and O–H groups in total. The second-order valence-electron chi connectivity index (χ2n) is 2.51. The van der Waals surface area contributed by atoms with E-state index in [9.17, 15) is 4.79 Å². The zero-order valence-electron chi connectivity index (χ0n) is 7.32. The Balaban J connectivity index is -0.000000720. The van der Waals surface area contributed by atoms with Crippen LogP contribution in [-0.4, -0.2) is 119 Å². The number of carboxylic acids is 1. The Kier molecular flexibility index (Phi) is 15.5. The van der Waals surface area contributed by atoms with Crippen LogP contribution in [0.15, 0.2) is 0 Å². The zero-order valence-corrected chi connectivity index (χ0v) is 10.3. The van der Waals surface area contributed by atoms with Crippen LogP contribution in [-0.2, 0) is 24.3 Å². The van der Waals surface area contributed by atoms with Crippen LogP contribution in [0.1, 0.15) is 0 Å². The van der Waals surface area contributed by atoms with Crippen LogP contribution in [0.5, 0.6) is 0 Å². The second-order valence-corrected chi connectivity index (χ2v) is 2.51. The predicted molar refractivity (Wildman–Crippen MR) is 45.9 cm³/mol. The van der Waals surface area contributed by atoms with E-state index in [1.807, 2.05) is 0 Å². The van der Waals surface area contributed by atoms with Crippen LogP contribution >= 0.6 is 0 Å². The third kappa shape index (κ3) is 7.45. The number of aliphatic carboxylic acids is 1. The fraction of sp³-hybridized carbons (Fsp3) is 0.833. The Morgan fingerprint density at radius 3 is 1.73 bits per heavy atom. The van der Waals surface area contributed by atoms with Crippen molar-refractivity contribution in [1.82, 2.24) is 0 Å². The van der Waals surface area contributed by atoms with Crippen LogP contribution in [0.3, 0.4) is 0 Å². The molecule has 0 saturated carbocycles. The molecule has 0 aromatic carbocycles. The van der Waals surface area contributed by atoms with Crippen molar-refractivity contribution < 1.29 is 54.9 Å². The minimum Gasteiger partial charge on any atom is 0 e. The minimum atomic E-state index is -2.20. The van der Waals surface area contributed by atoms with E-state index in [-0.39, 0.29) is 70.9 Å². The summed E-state index contributed by atoms with van der Waals surface area (Å²) in [6.45, 7) is -0.843. The molecule has 0 aromatic rings. The third-order valence-corrected chi connectivity index (χ3v) is 1.51. The quantitative estimate of drug-likeness (QED) is 0.283. The number of carboxylic acid groups (broad SMARTS) is 1. The van der Waals surface area contributed by atoms with Crippen molar-refractivity contribution in [3.05, 3.63) is 0 Å². The maximum Gasteiger partial charge on any atom is 0 e. The molecule has 0 rings (SSSR count). The molecular weight excluding hydrogens is 289 g/mol. The molecule has 7 nitrogen and oxygen atoms in total. The van der Waals surface area contributed by atoms with Gasteiger partial charge in [0.1, 0.15) is 18.3 Å². The zero-order chi connectivity index (χ0) is 10.6. The first-order valence-corrected chi connectivity index (χ1v) is 3.47. The summed E-state index contributed by atoms with van der Waals surface area (Å²) >= 11 is 0. The smallest absolute Gasteiger partial charge is 0 e. The van der Waals surface area contributed by atoms with Crippen LogP contribution in [0.4, 0.5) is 0 Å². The number of hydrogen-bond donors (Lipinski definition) is 6. The molecule has 0 saturated heterocycles. The van der Waals surface area contributed by atoms with Gasteiger partial charge in [0.2, 0.25) is 0 Å². The molecule has 0 bridgehead atoms. The fourth-order valence-corrected chi connectivity index (χ4v) is 0.668. The predicted octanol–water partition coefficient (Wildman–Crippen LogP) is -4.14. The van der Waals surface area contributed by atoms with E-state index in [1.54, 1.807) is 0 Å². The Morgan fingerprint density at radius 1 is 1.07 bits per heavy atom. The molecule has 82 valence electrons. The summed E-state index contributed by atoms with van der Waals surface area (Å²) < 4.78 is 0. The van der Waals surface area contributed by atoms with Gasteiger partial charge in [-0.2, -0.15) is 0 Å². The maximum absolute atomic E-state index is 10.1. The molecule has 9 heteroatoms. The minimum absolute atomic E-state index is 0. The van der Waals surface area contributed by atoms with Crippen LogP contribution in [0.25, 0.3) is 0 Å². The van der Waals surface area contributed by atoms with E-state index in [4.69, 9.17) is 30.6 Å². The second kappa shape index (κ2) is 10.7. The topological polar surface area (TPSA) is 138 Å². The molecule has 0 heterocycles. The average Bonchev–Trinajstić information content (AvgIpc) is 2.12. The van der Waals surface area contributed by atoms with Crippen molar-refractivity contribution in [2.45, 2.75) is 24.4 Å². The number of rotatable bonds is 5. The molecule has 4 atom stereocenters. The molecule has 0 aliphatic heterocycles. The van der Waals surface area contributed by atoms with E-state index >= 15 is 0 Å². The van der Waals surface area contributed by atoms with Crippen molar-refractivity contribution in [3.8, 4) is 0 Å². The van der Waals surface area contributed by atoms with Crippen molar-refractivity contribution in [2.24, 2.45) is 0 Å². The van der Waals surface area contributed by atoms with E-state index in [0.29, 0.717) is 0 Å². The van der Waals surface area contributed by atoms with E-state index in [1.165, 1.54) is 0 Å². The maximum atomic E-state index is 10.1. The van der Waals surface area contributed by atoms with Crippen molar-refractivity contribution in [2.75, 3.05) is 6.61 Å². The third-order valence-electron chi connectivity index (χ3n) is 1.51. The Labute approximate surface area is 141 Å². The summed E-state index contributed by atoms with van der Waals surface area (Å²) in [5.41, 5.74) is 0. The van der Waals surface area contributed by atoms with Crippen molar-refractivity contribution >= 4 is 57.4 Å². The van der Waals surface area contributed by atoms with Crippen LogP contribution in [0, 0.1) is 0 Å². The van der Waals surface area contributed by atoms with Crippen molar-refractivity contribution in [3.63, 3.8) is 0 Å². The molecule has 0 fully saturated rings. The standard InChI is InChI=1S/C6H12O7.K.Zn.H/c7-1-2(8)3(9)4(10)5(11)6(12)13;;;/h2-5,7-11H,1H2,(H,12,13);;;/t2-,3-,4+,5-;;;/m1.../s1. The monoisotopic (exact) mass is 300 g/mol. The molecule has 0 aliphatic carbocycles. The summed E-state index contributed by atoms with van der Waals surface area (Å²) in [4.78, 5) is 10.1. The van der Waals surface area contributed by atoms with Gasteiger partial charge in [-0.05, 0) is 0 Å². The molecule has 0 aliphatic rings. The normalized spacial score (nSPS) is 17.7. The Hall–Kier alpha value is 1.53. The SMILES string of the molecule is O=C(O)[C@H](O)[C@@H](O)[C@H](O)[C@H](O)CO.[KH].[Zn].